The lowest BCUT2D eigenvalue weighted by atomic mass is 9.81. The van der Waals surface area contributed by atoms with Crippen LogP contribution >= 0.6 is 0 Å². The van der Waals surface area contributed by atoms with E-state index in [0.717, 1.165) is 31.5 Å². The van der Waals surface area contributed by atoms with Crippen molar-refractivity contribution in [3.8, 4) is 0 Å². The van der Waals surface area contributed by atoms with E-state index < -0.39 is 0 Å². The third-order valence-electron chi connectivity index (χ3n) is 5.46. The number of carbonyl (C=O) groups is 1. The Balaban J connectivity index is 1.47. The molecular weight excluding hydrogens is 224 g/mol. The summed E-state index contributed by atoms with van der Waals surface area (Å²) in [6.45, 7) is 5.39. The summed E-state index contributed by atoms with van der Waals surface area (Å²) >= 11 is 0. The van der Waals surface area contributed by atoms with Crippen LogP contribution in [0.2, 0.25) is 0 Å². The molecular formula is C15H26N2O. The third-order valence-corrected chi connectivity index (χ3v) is 5.46. The van der Waals surface area contributed by atoms with Crippen LogP contribution in [0.5, 0.6) is 0 Å². The molecule has 3 rings (SSSR count). The van der Waals surface area contributed by atoms with E-state index in [-0.39, 0.29) is 0 Å². The van der Waals surface area contributed by atoms with Gasteiger partial charge in [0.2, 0.25) is 5.91 Å². The summed E-state index contributed by atoms with van der Waals surface area (Å²) < 4.78 is 0. The van der Waals surface area contributed by atoms with Crippen molar-refractivity contribution < 1.29 is 4.79 Å². The van der Waals surface area contributed by atoms with Crippen LogP contribution in [0.15, 0.2) is 0 Å². The molecule has 1 saturated heterocycles. The van der Waals surface area contributed by atoms with Gasteiger partial charge >= 0.3 is 0 Å². The van der Waals surface area contributed by atoms with Crippen LogP contribution in [0, 0.1) is 23.2 Å². The van der Waals surface area contributed by atoms with Gasteiger partial charge in [0.25, 0.3) is 0 Å². The number of nitrogens with one attached hydrogen (secondary N) is 2. The van der Waals surface area contributed by atoms with Crippen molar-refractivity contribution in [2.75, 3.05) is 19.6 Å². The van der Waals surface area contributed by atoms with Crippen molar-refractivity contribution in [3.63, 3.8) is 0 Å². The van der Waals surface area contributed by atoms with E-state index in [0.29, 0.717) is 17.2 Å². The van der Waals surface area contributed by atoms with Crippen LogP contribution in [0.3, 0.4) is 0 Å². The molecule has 18 heavy (non-hydrogen) atoms. The molecule has 0 aromatic heterocycles. The predicted octanol–water partition coefficient (Wildman–Crippen LogP) is 1.93. The SMILES string of the molecule is CC1(CNC(=O)C2C3CCCCC32)CCNCC1. The van der Waals surface area contributed by atoms with Crippen LogP contribution in [0.25, 0.3) is 0 Å². The third kappa shape index (κ3) is 2.42. The maximum absolute atomic E-state index is 12.2. The first-order chi connectivity index (χ1) is 8.70. The molecule has 0 spiro atoms. The van der Waals surface area contributed by atoms with Crippen molar-refractivity contribution in [2.45, 2.75) is 45.4 Å². The minimum atomic E-state index is 0.320. The molecule has 2 atom stereocenters. The van der Waals surface area contributed by atoms with E-state index in [1.54, 1.807) is 0 Å². The van der Waals surface area contributed by atoms with Gasteiger partial charge in [0.15, 0.2) is 0 Å². The molecule has 1 amide bonds. The molecule has 0 aromatic rings. The molecule has 2 saturated carbocycles. The topological polar surface area (TPSA) is 41.1 Å². The minimum absolute atomic E-state index is 0.320. The number of amides is 1. The van der Waals surface area contributed by atoms with Crippen molar-refractivity contribution in [2.24, 2.45) is 23.2 Å². The standard InChI is InChI=1S/C15H26N2O/c1-15(6-8-16-9-7-15)10-17-14(18)13-11-4-2-3-5-12(11)13/h11-13,16H,2-10H2,1H3,(H,17,18). The molecule has 0 aromatic carbocycles. The number of rotatable bonds is 3. The highest BCUT2D eigenvalue weighted by molar-refractivity contribution is 5.82. The van der Waals surface area contributed by atoms with Gasteiger partial charge < -0.3 is 10.6 Å². The van der Waals surface area contributed by atoms with Crippen LogP contribution in [-0.4, -0.2) is 25.5 Å². The van der Waals surface area contributed by atoms with E-state index in [2.05, 4.69) is 17.6 Å². The van der Waals surface area contributed by atoms with Gasteiger partial charge in [-0.25, -0.2) is 0 Å². The van der Waals surface area contributed by atoms with Gasteiger partial charge in [0.05, 0.1) is 0 Å². The number of carbonyl (C=O) groups excluding carboxylic acids is 1. The van der Waals surface area contributed by atoms with Crippen LogP contribution in [-0.2, 0) is 4.79 Å². The molecule has 0 radical (unpaired) electrons. The van der Waals surface area contributed by atoms with E-state index >= 15 is 0 Å². The average molecular weight is 250 g/mol. The Bertz CT molecular complexity index is 310. The second kappa shape index (κ2) is 4.84. The maximum Gasteiger partial charge on any atom is 0.223 e. The number of hydrogen-bond acceptors (Lipinski definition) is 2. The lowest BCUT2D eigenvalue weighted by Crippen LogP contribution is -2.43. The summed E-state index contributed by atoms with van der Waals surface area (Å²) in [6, 6.07) is 0. The first kappa shape index (κ1) is 12.5. The Hall–Kier alpha value is -0.570. The number of fused-ring (bicyclic) bond motifs is 1. The highest BCUT2D eigenvalue weighted by atomic mass is 16.2. The van der Waals surface area contributed by atoms with E-state index in [4.69, 9.17) is 0 Å². The van der Waals surface area contributed by atoms with Gasteiger partial charge in [-0.2, -0.15) is 0 Å². The zero-order valence-electron chi connectivity index (χ0n) is 11.5. The fraction of sp³-hybridized carbons (Fsp3) is 0.933. The second-order valence-corrected chi connectivity index (χ2v) is 6.92. The summed E-state index contributed by atoms with van der Waals surface area (Å²) in [7, 11) is 0. The molecule has 3 heteroatoms. The Morgan fingerprint density at radius 1 is 1.22 bits per heavy atom. The number of piperidine rings is 1. The minimum Gasteiger partial charge on any atom is -0.355 e. The van der Waals surface area contributed by atoms with Gasteiger partial charge in [-0.1, -0.05) is 19.8 Å². The highest BCUT2D eigenvalue weighted by Gasteiger charge is 2.54. The zero-order valence-corrected chi connectivity index (χ0v) is 11.5. The van der Waals surface area contributed by atoms with Gasteiger partial charge in [-0.05, 0) is 56.0 Å². The molecule has 2 unspecified atom stereocenters. The van der Waals surface area contributed by atoms with Crippen molar-refractivity contribution in [3.05, 3.63) is 0 Å². The molecule has 3 nitrogen and oxygen atoms in total. The maximum atomic E-state index is 12.2. The van der Waals surface area contributed by atoms with E-state index in [9.17, 15) is 4.79 Å². The van der Waals surface area contributed by atoms with E-state index in [1.165, 1.54) is 38.5 Å². The second-order valence-electron chi connectivity index (χ2n) is 6.92. The molecule has 1 heterocycles. The molecule has 2 N–H and O–H groups in total. The van der Waals surface area contributed by atoms with Crippen molar-refractivity contribution in [1.82, 2.24) is 10.6 Å². The normalized spacial score (nSPS) is 37.7. The van der Waals surface area contributed by atoms with Gasteiger partial charge in [-0.3, -0.25) is 4.79 Å². The first-order valence-corrected chi connectivity index (χ1v) is 7.68. The molecule has 2 aliphatic carbocycles. The Morgan fingerprint density at radius 2 is 1.83 bits per heavy atom. The predicted molar refractivity (Wildman–Crippen MR) is 72.2 cm³/mol. The fourth-order valence-electron chi connectivity index (χ4n) is 4.01. The Kier molecular flexibility index (Phi) is 3.35. The Labute approximate surface area is 110 Å². The van der Waals surface area contributed by atoms with Gasteiger partial charge in [0, 0.05) is 12.5 Å². The molecule has 1 aliphatic heterocycles. The lowest BCUT2D eigenvalue weighted by molar-refractivity contribution is -0.123. The lowest BCUT2D eigenvalue weighted by Gasteiger charge is -2.34. The average Bonchev–Trinajstić information content (AvgIpc) is 3.11. The zero-order chi connectivity index (χ0) is 12.6. The summed E-state index contributed by atoms with van der Waals surface area (Å²) in [4.78, 5) is 12.2. The number of hydrogen-bond donors (Lipinski definition) is 2. The summed E-state index contributed by atoms with van der Waals surface area (Å²) in [6.07, 6.45) is 7.64. The largest absolute Gasteiger partial charge is 0.355 e. The fourth-order valence-corrected chi connectivity index (χ4v) is 4.01. The van der Waals surface area contributed by atoms with Gasteiger partial charge in [0.1, 0.15) is 0 Å². The quantitative estimate of drug-likeness (QED) is 0.803. The summed E-state index contributed by atoms with van der Waals surface area (Å²) in [5.41, 5.74) is 0.320. The Morgan fingerprint density at radius 3 is 2.44 bits per heavy atom. The molecule has 0 bridgehead atoms. The van der Waals surface area contributed by atoms with Crippen molar-refractivity contribution >= 4 is 5.91 Å². The summed E-state index contributed by atoms with van der Waals surface area (Å²) in [5, 5.41) is 6.64. The van der Waals surface area contributed by atoms with Gasteiger partial charge in [-0.15, -0.1) is 0 Å². The van der Waals surface area contributed by atoms with Crippen LogP contribution in [0.4, 0.5) is 0 Å². The highest BCUT2D eigenvalue weighted by Crippen LogP contribution is 2.55. The summed E-state index contributed by atoms with van der Waals surface area (Å²) in [5.74, 6) is 2.20. The van der Waals surface area contributed by atoms with Crippen molar-refractivity contribution in [1.29, 1.82) is 0 Å². The smallest absolute Gasteiger partial charge is 0.223 e. The first-order valence-electron chi connectivity index (χ1n) is 7.68. The molecule has 3 aliphatic rings. The molecule has 3 fully saturated rings. The van der Waals surface area contributed by atoms with Crippen LogP contribution < -0.4 is 10.6 Å². The van der Waals surface area contributed by atoms with E-state index in [1.807, 2.05) is 0 Å². The van der Waals surface area contributed by atoms with Crippen LogP contribution in [0.1, 0.15) is 45.4 Å². The molecule has 102 valence electrons. The monoisotopic (exact) mass is 250 g/mol.